The standard InChI is InChI=1S/C10H9NO2/c12-10(13)8-5-6-11-9-4-2-1-3-7(8)9/h1-5,11H,6H2,(H,12,13). The van der Waals surface area contributed by atoms with E-state index in [0.29, 0.717) is 12.1 Å². The monoisotopic (exact) mass is 175 g/mol. The van der Waals surface area contributed by atoms with Crippen LogP contribution in [-0.2, 0) is 4.79 Å². The zero-order valence-corrected chi connectivity index (χ0v) is 6.95. The van der Waals surface area contributed by atoms with Crippen molar-refractivity contribution in [3.8, 4) is 0 Å². The van der Waals surface area contributed by atoms with Gasteiger partial charge in [-0.15, -0.1) is 0 Å². The van der Waals surface area contributed by atoms with E-state index < -0.39 is 5.97 Å². The number of nitrogens with one attached hydrogen (secondary N) is 1. The summed E-state index contributed by atoms with van der Waals surface area (Å²) in [4.78, 5) is 10.8. The number of benzene rings is 1. The number of anilines is 1. The molecule has 0 spiro atoms. The summed E-state index contributed by atoms with van der Waals surface area (Å²) >= 11 is 0. The first kappa shape index (κ1) is 7.86. The molecule has 13 heavy (non-hydrogen) atoms. The first-order valence-electron chi connectivity index (χ1n) is 4.06. The van der Waals surface area contributed by atoms with Gasteiger partial charge >= 0.3 is 5.97 Å². The van der Waals surface area contributed by atoms with Gasteiger partial charge in [0, 0.05) is 17.8 Å². The van der Waals surface area contributed by atoms with Crippen LogP contribution in [0.25, 0.3) is 5.57 Å². The molecular formula is C10H9NO2. The summed E-state index contributed by atoms with van der Waals surface area (Å²) in [7, 11) is 0. The lowest BCUT2D eigenvalue weighted by molar-refractivity contribution is -0.130. The van der Waals surface area contributed by atoms with Crippen molar-refractivity contribution in [3.05, 3.63) is 35.9 Å². The van der Waals surface area contributed by atoms with Crippen LogP contribution in [-0.4, -0.2) is 17.6 Å². The van der Waals surface area contributed by atoms with E-state index in [1.165, 1.54) is 0 Å². The van der Waals surface area contributed by atoms with Gasteiger partial charge in [0.1, 0.15) is 0 Å². The number of carbonyl (C=O) groups is 1. The predicted octanol–water partition coefficient (Wildman–Crippen LogP) is 1.58. The van der Waals surface area contributed by atoms with E-state index in [1.54, 1.807) is 12.1 Å². The van der Waals surface area contributed by atoms with Gasteiger partial charge in [-0.05, 0) is 6.07 Å². The van der Waals surface area contributed by atoms with Crippen LogP contribution in [0.5, 0.6) is 0 Å². The third-order valence-corrected chi connectivity index (χ3v) is 2.05. The molecule has 0 amide bonds. The summed E-state index contributed by atoms with van der Waals surface area (Å²) < 4.78 is 0. The molecule has 0 unspecified atom stereocenters. The van der Waals surface area contributed by atoms with Crippen molar-refractivity contribution in [2.24, 2.45) is 0 Å². The van der Waals surface area contributed by atoms with Gasteiger partial charge in [0.25, 0.3) is 0 Å². The summed E-state index contributed by atoms with van der Waals surface area (Å²) in [5.74, 6) is -0.867. The second-order valence-corrected chi connectivity index (χ2v) is 2.85. The minimum Gasteiger partial charge on any atom is -0.478 e. The molecular weight excluding hydrogens is 166 g/mol. The molecule has 0 atom stereocenters. The van der Waals surface area contributed by atoms with Crippen LogP contribution in [0.1, 0.15) is 5.56 Å². The molecule has 0 aromatic heterocycles. The minimum absolute atomic E-state index is 0.384. The Kier molecular flexibility index (Phi) is 1.77. The number of aliphatic carboxylic acids is 1. The van der Waals surface area contributed by atoms with E-state index in [4.69, 9.17) is 5.11 Å². The van der Waals surface area contributed by atoms with E-state index in [-0.39, 0.29) is 0 Å². The summed E-state index contributed by atoms with van der Waals surface area (Å²) in [5, 5.41) is 12.0. The molecule has 1 aliphatic heterocycles. The Bertz CT molecular complexity index is 382. The molecule has 1 aliphatic rings. The molecule has 3 heteroatoms. The second-order valence-electron chi connectivity index (χ2n) is 2.85. The van der Waals surface area contributed by atoms with Crippen LogP contribution in [0.4, 0.5) is 5.69 Å². The molecule has 1 aromatic rings. The van der Waals surface area contributed by atoms with Crippen LogP contribution < -0.4 is 5.32 Å². The number of carboxylic acid groups (broad SMARTS) is 1. The molecule has 0 aliphatic carbocycles. The third kappa shape index (κ3) is 1.28. The summed E-state index contributed by atoms with van der Waals surface area (Å²) in [6.45, 7) is 0.582. The molecule has 2 N–H and O–H groups in total. The van der Waals surface area contributed by atoms with Gasteiger partial charge in [0.05, 0.1) is 5.57 Å². The molecule has 0 saturated heterocycles. The molecule has 3 nitrogen and oxygen atoms in total. The molecule has 0 radical (unpaired) electrons. The normalized spacial score (nSPS) is 14.0. The zero-order valence-electron chi connectivity index (χ0n) is 6.95. The quantitative estimate of drug-likeness (QED) is 0.681. The van der Waals surface area contributed by atoms with Gasteiger partial charge in [0.15, 0.2) is 0 Å². The number of rotatable bonds is 1. The first-order valence-corrected chi connectivity index (χ1v) is 4.06. The van der Waals surface area contributed by atoms with E-state index in [0.717, 1.165) is 11.3 Å². The van der Waals surface area contributed by atoms with Crippen molar-refractivity contribution in [3.63, 3.8) is 0 Å². The number of hydrogen-bond donors (Lipinski definition) is 2. The SMILES string of the molecule is O=C(O)C1=CCNc2ccccc21. The van der Waals surface area contributed by atoms with Gasteiger partial charge in [-0.25, -0.2) is 4.79 Å². The Labute approximate surface area is 75.7 Å². The molecule has 66 valence electrons. The molecule has 0 fully saturated rings. The largest absolute Gasteiger partial charge is 0.478 e. The number of hydrogen-bond acceptors (Lipinski definition) is 2. The summed E-state index contributed by atoms with van der Waals surface area (Å²) in [5.41, 5.74) is 2.04. The zero-order chi connectivity index (χ0) is 9.26. The number of para-hydroxylation sites is 1. The smallest absolute Gasteiger partial charge is 0.336 e. The molecule has 1 heterocycles. The highest BCUT2D eigenvalue weighted by molar-refractivity contribution is 6.17. The molecule has 0 saturated carbocycles. The third-order valence-electron chi connectivity index (χ3n) is 2.05. The van der Waals surface area contributed by atoms with Gasteiger partial charge < -0.3 is 10.4 Å². The van der Waals surface area contributed by atoms with E-state index in [1.807, 2.05) is 18.2 Å². The fraction of sp³-hybridized carbons (Fsp3) is 0.100. The number of fused-ring (bicyclic) bond motifs is 1. The fourth-order valence-corrected chi connectivity index (χ4v) is 1.45. The average molecular weight is 175 g/mol. The minimum atomic E-state index is -0.867. The van der Waals surface area contributed by atoms with Crippen molar-refractivity contribution in [1.29, 1.82) is 0 Å². The molecule has 1 aromatic carbocycles. The first-order chi connectivity index (χ1) is 6.29. The highest BCUT2D eigenvalue weighted by Gasteiger charge is 2.16. The van der Waals surface area contributed by atoms with Crippen molar-refractivity contribution in [1.82, 2.24) is 0 Å². The predicted molar refractivity (Wildman–Crippen MR) is 50.5 cm³/mol. The average Bonchev–Trinajstić information content (AvgIpc) is 2.17. The van der Waals surface area contributed by atoms with Gasteiger partial charge in [0.2, 0.25) is 0 Å². The highest BCUT2D eigenvalue weighted by Crippen LogP contribution is 2.26. The lowest BCUT2D eigenvalue weighted by Gasteiger charge is -2.16. The van der Waals surface area contributed by atoms with Gasteiger partial charge in [-0.1, -0.05) is 24.3 Å². The van der Waals surface area contributed by atoms with Crippen molar-refractivity contribution in [2.75, 3.05) is 11.9 Å². The second kappa shape index (κ2) is 2.94. The molecule has 0 bridgehead atoms. The Morgan fingerprint density at radius 1 is 1.38 bits per heavy atom. The summed E-state index contributed by atoms with van der Waals surface area (Å²) in [6, 6.07) is 7.41. The maximum Gasteiger partial charge on any atom is 0.336 e. The Hall–Kier alpha value is -1.77. The number of carboxylic acids is 1. The maximum atomic E-state index is 10.8. The lowest BCUT2D eigenvalue weighted by atomic mass is 10.0. The van der Waals surface area contributed by atoms with E-state index in [2.05, 4.69) is 5.32 Å². The van der Waals surface area contributed by atoms with Crippen LogP contribution in [0, 0.1) is 0 Å². The Balaban J connectivity index is 2.53. The fourth-order valence-electron chi connectivity index (χ4n) is 1.45. The van der Waals surface area contributed by atoms with Crippen molar-refractivity contribution >= 4 is 17.2 Å². The summed E-state index contributed by atoms with van der Waals surface area (Å²) in [6.07, 6.45) is 1.69. The van der Waals surface area contributed by atoms with Gasteiger partial charge in [-0.3, -0.25) is 0 Å². The van der Waals surface area contributed by atoms with Crippen LogP contribution in [0.3, 0.4) is 0 Å². The lowest BCUT2D eigenvalue weighted by Crippen LogP contribution is -2.12. The molecule has 2 rings (SSSR count). The maximum absolute atomic E-state index is 10.8. The van der Waals surface area contributed by atoms with Crippen LogP contribution >= 0.6 is 0 Å². The van der Waals surface area contributed by atoms with E-state index >= 15 is 0 Å². The van der Waals surface area contributed by atoms with Crippen LogP contribution in [0.2, 0.25) is 0 Å². The van der Waals surface area contributed by atoms with E-state index in [9.17, 15) is 4.79 Å². The van der Waals surface area contributed by atoms with Crippen molar-refractivity contribution < 1.29 is 9.90 Å². The highest BCUT2D eigenvalue weighted by atomic mass is 16.4. The van der Waals surface area contributed by atoms with Crippen LogP contribution in [0.15, 0.2) is 30.3 Å². The Morgan fingerprint density at radius 3 is 2.92 bits per heavy atom. The van der Waals surface area contributed by atoms with Gasteiger partial charge in [-0.2, -0.15) is 0 Å². The Morgan fingerprint density at radius 2 is 2.15 bits per heavy atom. The van der Waals surface area contributed by atoms with Crippen molar-refractivity contribution in [2.45, 2.75) is 0 Å². The topological polar surface area (TPSA) is 49.3 Å².